The fraction of sp³-hybridized carbons (Fsp3) is 0.368. The summed E-state index contributed by atoms with van der Waals surface area (Å²) in [4.78, 5) is 25.7. The minimum absolute atomic E-state index is 0.0333. The number of nitrogens with one attached hydrogen (secondary N) is 2. The molecule has 2 aromatic rings. The first kappa shape index (κ1) is 22.9. The summed E-state index contributed by atoms with van der Waals surface area (Å²) in [5.41, 5.74) is 0.419. The van der Waals surface area contributed by atoms with Crippen LogP contribution in [0.4, 0.5) is 0 Å². The molecule has 29 heavy (non-hydrogen) atoms. The Balaban J connectivity index is 1.99. The fourth-order valence-corrected chi connectivity index (χ4v) is 4.24. The van der Waals surface area contributed by atoms with Crippen LogP contribution < -0.4 is 20.5 Å². The predicted molar refractivity (Wildman–Crippen MR) is 111 cm³/mol. The number of carbonyl (C=O) groups is 2. The van der Waals surface area contributed by atoms with E-state index in [0.29, 0.717) is 22.8 Å². The minimum atomic E-state index is -3.76. The van der Waals surface area contributed by atoms with Crippen LogP contribution in [0, 0.1) is 5.92 Å². The predicted octanol–water partition coefficient (Wildman–Crippen LogP) is 1.86. The van der Waals surface area contributed by atoms with Crippen LogP contribution in [0.1, 0.15) is 36.0 Å². The Kier molecular flexibility index (Phi) is 7.77. The lowest BCUT2D eigenvalue weighted by atomic mass is 10.0. The van der Waals surface area contributed by atoms with Crippen LogP contribution in [0.25, 0.3) is 0 Å². The second-order valence-electron chi connectivity index (χ2n) is 6.64. The van der Waals surface area contributed by atoms with Crippen LogP contribution in [0.15, 0.2) is 40.6 Å². The van der Waals surface area contributed by atoms with Crippen LogP contribution in [0.3, 0.4) is 0 Å². The van der Waals surface area contributed by atoms with Crippen molar-refractivity contribution in [3.63, 3.8) is 0 Å². The van der Waals surface area contributed by atoms with E-state index in [2.05, 4.69) is 10.6 Å². The molecule has 158 valence electrons. The van der Waals surface area contributed by atoms with Gasteiger partial charge in [-0.05, 0) is 49.2 Å². The molecule has 2 amide bonds. The zero-order valence-electron chi connectivity index (χ0n) is 16.5. The molecule has 0 saturated heterocycles. The molecule has 1 aromatic carbocycles. The second kappa shape index (κ2) is 9.86. The van der Waals surface area contributed by atoms with Crippen molar-refractivity contribution < 1.29 is 22.7 Å². The third-order valence-corrected chi connectivity index (χ3v) is 6.54. The summed E-state index contributed by atoms with van der Waals surface area (Å²) < 4.78 is 28.1. The Bertz CT molecular complexity index is 952. The van der Waals surface area contributed by atoms with Crippen LogP contribution in [-0.4, -0.2) is 32.9 Å². The maximum Gasteiger partial charge on any atom is 0.251 e. The quantitative estimate of drug-likeness (QED) is 0.549. The number of ether oxygens (including phenoxy) is 1. The number of carbonyl (C=O) groups excluding carboxylic acids is 2. The zero-order chi connectivity index (χ0) is 21.6. The van der Waals surface area contributed by atoms with Gasteiger partial charge in [0.05, 0.1) is 13.2 Å². The highest BCUT2D eigenvalue weighted by molar-refractivity contribution is 7.91. The number of nitrogens with two attached hydrogens (primary N) is 1. The van der Waals surface area contributed by atoms with Crippen molar-refractivity contribution in [3.05, 3.63) is 46.8 Å². The number of thiophene rings is 1. The molecular weight excluding hydrogens is 414 g/mol. The van der Waals surface area contributed by atoms with E-state index >= 15 is 0 Å². The van der Waals surface area contributed by atoms with Crippen LogP contribution in [0.2, 0.25) is 0 Å². The van der Waals surface area contributed by atoms with E-state index in [0.717, 1.165) is 11.3 Å². The summed E-state index contributed by atoms with van der Waals surface area (Å²) in [5, 5.41) is 10.6. The monoisotopic (exact) mass is 439 g/mol. The zero-order valence-corrected chi connectivity index (χ0v) is 18.1. The highest BCUT2D eigenvalue weighted by atomic mass is 32.2. The SMILES string of the molecule is CCOc1ccc(C(=O)N[C@H](C(=O)NCc2ccc(S(N)(=O)=O)s2)C(C)C)cc1. The van der Waals surface area contributed by atoms with E-state index in [1.807, 2.05) is 20.8 Å². The van der Waals surface area contributed by atoms with Gasteiger partial charge in [-0.1, -0.05) is 13.8 Å². The van der Waals surface area contributed by atoms with Gasteiger partial charge in [-0.2, -0.15) is 0 Å². The van der Waals surface area contributed by atoms with Gasteiger partial charge in [0.2, 0.25) is 15.9 Å². The summed E-state index contributed by atoms with van der Waals surface area (Å²) in [6.45, 7) is 6.20. The Labute approximate surface area is 174 Å². The number of amides is 2. The molecule has 0 radical (unpaired) electrons. The third-order valence-electron chi connectivity index (χ3n) is 4.02. The summed E-state index contributed by atoms with van der Waals surface area (Å²) in [6.07, 6.45) is 0. The highest BCUT2D eigenvalue weighted by Crippen LogP contribution is 2.20. The molecule has 0 bridgehead atoms. The number of benzene rings is 1. The molecule has 0 fully saturated rings. The van der Waals surface area contributed by atoms with E-state index in [1.165, 1.54) is 6.07 Å². The van der Waals surface area contributed by atoms with E-state index in [-0.39, 0.29) is 28.5 Å². The van der Waals surface area contributed by atoms with Crippen molar-refractivity contribution >= 4 is 33.2 Å². The molecule has 0 saturated carbocycles. The Morgan fingerprint density at radius 1 is 1.14 bits per heavy atom. The summed E-state index contributed by atoms with van der Waals surface area (Å²) >= 11 is 0.991. The molecule has 0 spiro atoms. The Hall–Kier alpha value is -2.43. The largest absolute Gasteiger partial charge is 0.494 e. The molecule has 0 aliphatic rings. The summed E-state index contributed by atoms with van der Waals surface area (Å²) in [5.74, 6) is -0.207. The van der Waals surface area contributed by atoms with Crippen molar-refractivity contribution in [1.82, 2.24) is 10.6 Å². The van der Waals surface area contributed by atoms with Crippen molar-refractivity contribution in [2.24, 2.45) is 11.1 Å². The maximum absolute atomic E-state index is 12.6. The summed E-state index contributed by atoms with van der Waals surface area (Å²) in [6, 6.07) is 8.91. The molecule has 1 aromatic heterocycles. The normalized spacial score (nSPS) is 12.4. The van der Waals surface area contributed by atoms with Crippen molar-refractivity contribution in [3.8, 4) is 5.75 Å². The maximum atomic E-state index is 12.6. The molecule has 1 heterocycles. The molecule has 0 aliphatic heterocycles. The first-order valence-corrected chi connectivity index (χ1v) is 11.4. The molecule has 0 unspecified atom stereocenters. The van der Waals surface area contributed by atoms with E-state index in [9.17, 15) is 18.0 Å². The van der Waals surface area contributed by atoms with Crippen molar-refractivity contribution in [2.75, 3.05) is 6.61 Å². The number of sulfonamides is 1. The lowest BCUT2D eigenvalue weighted by molar-refractivity contribution is -0.124. The first-order valence-electron chi connectivity index (χ1n) is 9.04. The molecule has 1 atom stereocenters. The minimum Gasteiger partial charge on any atom is -0.494 e. The molecule has 10 heteroatoms. The van der Waals surface area contributed by atoms with Gasteiger partial charge >= 0.3 is 0 Å². The van der Waals surface area contributed by atoms with Gasteiger partial charge in [-0.3, -0.25) is 9.59 Å². The molecule has 2 rings (SSSR count). The standard InChI is InChI=1S/C19H25N3O5S2/c1-4-27-14-7-5-13(6-8-14)18(23)22-17(12(2)3)19(24)21-11-15-9-10-16(28-15)29(20,25)26/h5-10,12,17H,4,11H2,1-3H3,(H,21,24)(H,22,23)(H2,20,25,26)/t17-/m0/s1. The smallest absolute Gasteiger partial charge is 0.251 e. The van der Waals surface area contributed by atoms with Gasteiger partial charge in [0.15, 0.2) is 0 Å². The number of hydrogen-bond donors (Lipinski definition) is 3. The van der Waals surface area contributed by atoms with E-state index < -0.39 is 16.1 Å². The van der Waals surface area contributed by atoms with Gasteiger partial charge in [-0.15, -0.1) is 11.3 Å². The topological polar surface area (TPSA) is 128 Å². The molecule has 4 N–H and O–H groups in total. The highest BCUT2D eigenvalue weighted by Gasteiger charge is 2.24. The van der Waals surface area contributed by atoms with Gasteiger partial charge in [0, 0.05) is 10.4 Å². The molecular formula is C19H25N3O5S2. The average Bonchev–Trinajstić information content (AvgIpc) is 3.14. The average molecular weight is 440 g/mol. The lowest BCUT2D eigenvalue weighted by Crippen LogP contribution is -2.49. The fourth-order valence-electron chi connectivity index (χ4n) is 2.52. The van der Waals surface area contributed by atoms with Crippen LogP contribution in [0.5, 0.6) is 5.75 Å². The van der Waals surface area contributed by atoms with Gasteiger partial charge in [-0.25, -0.2) is 13.6 Å². The summed E-state index contributed by atoms with van der Waals surface area (Å²) in [7, 11) is -3.76. The van der Waals surface area contributed by atoms with E-state index in [1.54, 1.807) is 30.3 Å². The Morgan fingerprint density at radius 3 is 2.31 bits per heavy atom. The van der Waals surface area contributed by atoms with E-state index in [4.69, 9.17) is 9.88 Å². The number of rotatable bonds is 9. The lowest BCUT2D eigenvalue weighted by Gasteiger charge is -2.21. The third kappa shape index (κ3) is 6.55. The number of hydrogen-bond acceptors (Lipinski definition) is 6. The first-order chi connectivity index (χ1) is 13.6. The van der Waals surface area contributed by atoms with Gasteiger partial charge in [0.1, 0.15) is 16.0 Å². The van der Waals surface area contributed by atoms with Crippen molar-refractivity contribution in [1.29, 1.82) is 0 Å². The van der Waals surface area contributed by atoms with Crippen molar-refractivity contribution in [2.45, 2.75) is 37.6 Å². The van der Waals surface area contributed by atoms with Gasteiger partial charge in [0.25, 0.3) is 5.91 Å². The molecule has 0 aliphatic carbocycles. The molecule has 8 nitrogen and oxygen atoms in total. The second-order valence-corrected chi connectivity index (χ2v) is 9.59. The van der Waals surface area contributed by atoms with Crippen LogP contribution in [-0.2, 0) is 21.4 Å². The number of primary sulfonamides is 1. The Morgan fingerprint density at radius 2 is 1.79 bits per heavy atom. The van der Waals surface area contributed by atoms with Crippen LogP contribution >= 0.6 is 11.3 Å². The van der Waals surface area contributed by atoms with Gasteiger partial charge < -0.3 is 15.4 Å².